The molecule has 0 aromatic carbocycles. The molecule has 8 nitrogen and oxygen atoms in total. The highest BCUT2D eigenvalue weighted by atomic mass is 16.5. The second-order valence-electron chi connectivity index (χ2n) is 9.48. The standard InChI is InChI=1S/C24H36N4O4/c1-4-19-21-20(15-24(16-25-22(21)29)7-12-31-13-8-24)28(26-19)11-14-32-23(30)18-5-9-27(10-6-18)17(2)3/h18H,2,4-16H2,1,3H3,(H,25,29). The largest absolute Gasteiger partial charge is 0.463 e. The normalized spacial score (nSPS) is 21.1. The number of hydrogen-bond donors (Lipinski definition) is 1. The number of aromatic nitrogens is 2. The van der Waals surface area contributed by atoms with Crippen LogP contribution in [0, 0.1) is 11.3 Å². The van der Waals surface area contributed by atoms with Crippen molar-refractivity contribution in [2.24, 2.45) is 11.3 Å². The summed E-state index contributed by atoms with van der Waals surface area (Å²) in [5.74, 6) is -0.213. The maximum absolute atomic E-state index is 12.9. The van der Waals surface area contributed by atoms with Crippen LogP contribution in [0.3, 0.4) is 0 Å². The average molecular weight is 445 g/mol. The first-order valence-corrected chi connectivity index (χ1v) is 11.9. The second-order valence-corrected chi connectivity index (χ2v) is 9.48. The topological polar surface area (TPSA) is 85.7 Å². The zero-order valence-electron chi connectivity index (χ0n) is 19.5. The lowest BCUT2D eigenvalue weighted by atomic mass is 9.76. The van der Waals surface area contributed by atoms with Gasteiger partial charge in [-0.3, -0.25) is 14.3 Å². The van der Waals surface area contributed by atoms with Crippen LogP contribution in [0.4, 0.5) is 0 Å². The van der Waals surface area contributed by atoms with Gasteiger partial charge in [0.1, 0.15) is 6.61 Å². The molecule has 4 rings (SSSR count). The van der Waals surface area contributed by atoms with Crippen LogP contribution in [0.2, 0.25) is 0 Å². The fraction of sp³-hybridized carbons (Fsp3) is 0.708. The molecular formula is C24H36N4O4. The van der Waals surface area contributed by atoms with Crippen molar-refractivity contribution in [1.29, 1.82) is 0 Å². The van der Waals surface area contributed by atoms with E-state index in [1.54, 1.807) is 0 Å². The number of rotatable bonds is 6. The van der Waals surface area contributed by atoms with Gasteiger partial charge in [0.25, 0.3) is 5.91 Å². The fourth-order valence-electron chi connectivity index (χ4n) is 5.21. The van der Waals surface area contributed by atoms with Crippen LogP contribution in [0.5, 0.6) is 0 Å². The third kappa shape index (κ3) is 4.70. The van der Waals surface area contributed by atoms with Gasteiger partial charge in [-0.1, -0.05) is 13.5 Å². The summed E-state index contributed by atoms with van der Waals surface area (Å²) in [4.78, 5) is 27.7. The Hall–Kier alpha value is -2.35. The van der Waals surface area contributed by atoms with Crippen molar-refractivity contribution < 1.29 is 19.1 Å². The Labute approximate surface area is 190 Å². The van der Waals surface area contributed by atoms with Crippen LogP contribution < -0.4 is 5.32 Å². The number of aryl methyl sites for hydroxylation is 1. The number of hydrogen-bond acceptors (Lipinski definition) is 6. The van der Waals surface area contributed by atoms with Crippen LogP contribution in [0.1, 0.15) is 61.3 Å². The zero-order chi connectivity index (χ0) is 22.7. The fourth-order valence-corrected chi connectivity index (χ4v) is 5.21. The van der Waals surface area contributed by atoms with E-state index in [0.717, 1.165) is 81.1 Å². The maximum atomic E-state index is 12.9. The van der Waals surface area contributed by atoms with E-state index >= 15 is 0 Å². The minimum absolute atomic E-state index is 0.00981. The number of amides is 1. The van der Waals surface area contributed by atoms with E-state index in [-0.39, 0.29) is 29.8 Å². The van der Waals surface area contributed by atoms with E-state index in [1.165, 1.54) is 0 Å². The van der Waals surface area contributed by atoms with Gasteiger partial charge in [0.15, 0.2) is 0 Å². The predicted molar refractivity (Wildman–Crippen MR) is 120 cm³/mol. The van der Waals surface area contributed by atoms with Gasteiger partial charge in [-0.2, -0.15) is 5.10 Å². The number of ether oxygens (including phenoxy) is 2. The molecule has 4 heterocycles. The molecule has 1 N–H and O–H groups in total. The van der Waals surface area contributed by atoms with E-state index in [4.69, 9.17) is 14.6 Å². The molecule has 1 amide bonds. The Morgan fingerprint density at radius 3 is 2.69 bits per heavy atom. The molecule has 0 atom stereocenters. The van der Waals surface area contributed by atoms with Crippen LogP contribution in [0.25, 0.3) is 0 Å². The van der Waals surface area contributed by atoms with Crippen LogP contribution in [-0.2, 0) is 33.7 Å². The maximum Gasteiger partial charge on any atom is 0.309 e. The Kier molecular flexibility index (Phi) is 6.88. The molecule has 2 saturated heterocycles. The first-order chi connectivity index (χ1) is 15.4. The number of carbonyl (C=O) groups is 2. The molecule has 0 saturated carbocycles. The summed E-state index contributed by atoms with van der Waals surface area (Å²) in [6.45, 7) is 12.6. The van der Waals surface area contributed by atoms with Crippen molar-refractivity contribution in [3.8, 4) is 0 Å². The summed E-state index contributed by atoms with van der Waals surface area (Å²) in [7, 11) is 0. The van der Waals surface area contributed by atoms with Crippen molar-refractivity contribution in [3.05, 3.63) is 29.2 Å². The molecule has 176 valence electrons. The quantitative estimate of drug-likeness (QED) is 0.678. The SMILES string of the molecule is C=C(C)N1CCC(C(=O)OCCn2nc(CC)c3c2CC2(CCOCC2)CNC3=O)CC1. The molecular weight excluding hydrogens is 408 g/mol. The van der Waals surface area contributed by atoms with Crippen LogP contribution in [-0.4, -0.2) is 66.0 Å². The van der Waals surface area contributed by atoms with E-state index in [9.17, 15) is 9.59 Å². The Morgan fingerprint density at radius 1 is 1.31 bits per heavy atom. The molecule has 2 fully saturated rings. The number of piperidine rings is 1. The number of nitrogens with zero attached hydrogens (tertiary/aromatic N) is 3. The Morgan fingerprint density at radius 2 is 2.03 bits per heavy atom. The van der Waals surface area contributed by atoms with Crippen LogP contribution >= 0.6 is 0 Å². The number of carbonyl (C=O) groups excluding carboxylic acids is 2. The number of fused-ring (bicyclic) bond motifs is 1. The van der Waals surface area contributed by atoms with Crippen molar-refractivity contribution in [1.82, 2.24) is 20.0 Å². The van der Waals surface area contributed by atoms with E-state index < -0.39 is 0 Å². The highest BCUT2D eigenvalue weighted by Gasteiger charge is 2.39. The lowest BCUT2D eigenvalue weighted by Gasteiger charge is -2.36. The molecule has 0 unspecified atom stereocenters. The van der Waals surface area contributed by atoms with E-state index in [2.05, 4.69) is 16.8 Å². The summed E-state index contributed by atoms with van der Waals surface area (Å²) in [6, 6.07) is 0. The lowest BCUT2D eigenvalue weighted by molar-refractivity contribution is -0.150. The molecule has 8 heteroatoms. The highest BCUT2D eigenvalue weighted by Crippen LogP contribution is 2.37. The molecule has 32 heavy (non-hydrogen) atoms. The van der Waals surface area contributed by atoms with Gasteiger partial charge in [0, 0.05) is 38.5 Å². The molecule has 3 aliphatic rings. The van der Waals surface area contributed by atoms with E-state index in [0.29, 0.717) is 19.5 Å². The van der Waals surface area contributed by atoms with E-state index in [1.807, 2.05) is 18.5 Å². The van der Waals surface area contributed by atoms with Crippen molar-refractivity contribution >= 4 is 11.9 Å². The highest BCUT2D eigenvalue weighted by molar-refractivity contribution is 5.97. The summed E-state index contributed by atoms with van der Waals surface area (Å²) in [6.07, 6.45) is 4.94. The monoisotopic (exact) mass is 444 g/mol. The van der Waals surface area contributed by atoms with Gasteiger partial charge in [-0.15, -0.1) is 0 Å². The van der Waals surface area contributed by atoms with Crippen molar-refractivity contribution in [3.63, 3.8) is 0 Å². The number of likely N-dealkylation sites (tertiary alicyclic amines) is 1. The van der Waals surface area contributed by atoms with Crippen LogP contribution in [0.15, 0.2) is 12.3 Å². The number of esters is 1. The first-order valence-electron chi connectivity index (χ1n) is 11.9. The van der Waals surface area contributed by atoms with Gasteiger partial charge >= 0.3 is 5.97 Å². The molecule has 1 aromatic rings. The van der Waals surface area contributed by atoms with Gasteiger partial charge in [0.05, 0.1) is 29.4 Å². The van der Waals surface area contributed by atoms with Gasteiger partial charge in [-0.25, -0.2) is 0 Å². The van der Waals surface area contributed by atoms with Gasteiger partial charge < -0.3 is 19.7 Å². The molecule has 3 aliphatic heterocycles. The number of nitrogens with one attached hydrogen (secondary N) is 1. The minimum Gasteiger partial charge on any atom is -0.463 e. The summed E-state index contributed by atoms with van der Waals surface area (Å²) in [5.41, 5.74) is 3.57. The first kappa shape index (κ1) is 22.8. The minimum atomic E-state index is -0.126. The second kappa shape index (κ2) is 9.65. The number of allylic oxidation sites excluding steroid dienone is 1. The lowest BCUT2D eigenvalue weighted by Crippen LogP contribution is -2.40. The smallest absolute Gasteiger partial charge is 0.309 e. The zero-order valence-corrected chi connectivity index (χ0v) is 19.5. The van der Waals surface area contributed by atoms with Gasteiger partial charge in [-0.05, 0) is 50.9 Å². The average Bonchev–Trinajstić information content (AvgIpc) is 3.08. The molecule has 0 aliphatic carbocycles. The summed E-state index contributed by atoms with van der Waals surface area (Å²) in [5, 5.41) is 7.87. The van der Waals surface area contributed by atoms with Gasteiger partial charge in [0.2, 0.25) is 0 Å². The molecule has 0 bridgehead atoms. The van der Waals surface area contributed by atoms with Crippen molar-refractivity contribution in [2.45, 2.75) is 58.9 Å². The predicted octanol–water partition coefficient (Wildman–Crippen LogP) is 2.32. The summed E-state index contributed by atoms with van der Waals surface area (Å²) < 4.78 is 13.1. The Bertz CT molecular complexity index is 864. The molecule has 0 radical (unpaired) electrons. The Balaban J connectivity index is 1.42. The third-order valence-corrected chi connectivity index (χ3v) is 7.33. The molecule has 1 aromatic heterocycles. The van der Waals surface area contributed by atoms with Crippen molar-refractivity contribution in [2.75, 3.05) is 39.5 Å². The summed E-state index contributed by atoms with van der Waals surface area (Å²) >= 11 is 0. The third-order valence-electron chi connectivity index (χ3n) is 7.33. The molecule has 1 spiro atoms.